The van der Waals surface area contributed by atoms with E-state index >= 15 is 0 Å². The van der Waals surface area contributed by atoms with Crippen molar-refractivity contribution in [2.45, 2.75) is 31.3 Å². The van der Waals surface area contributed by atoms with Gasteiger partial charge < -0.3 is 9.64 Å². The molecular formula is C19H22N4O. The highest BCUT2D eigenvalue weighted by molar-refractivity contribution is 5.54. The van der Waals surface area contributed by atoms with Gasteiger partial charge in [-0.1, -0.05) is 0 Å². The monoisotopic (exact) mass is 322 g/mol. The molecule has 0 unspecified atom stereocenters. The number of likely N-dealkylation sites (tertiary alicyclic amines) is 1. The van der Waals surface area contributed by atoms with E-state index in [0.29, 0.717) is 6.61 Å². The van der Waals surface area contributed by atoms with Gasteiger partial charge in [-0.3, -0.25) is 4.98 Å². The molecule has 1 spiro atoms. The van der Waals surface area contributed by atoms with Crippen molar-refractivity contribution in [3.8, 4) is 11.4 Å². The summed E-state index contributed by atoms with van der Waals surface area (Å²) in [4.78, 5) is 16.4. The topological polar surface area (TPSA) is 51.1 Å². The highest BCUT2D eigenvalue weighted by Gasteiger charge is 2.45. The molecule has 0 bridgehead atoms. The van der Waals surface area contributed by atoms with Crippen LogP contribution in [0, 0.1) is 5.92 Å². The SMILES string of the molecule is c1cncc(-c2ncc3c(n2)[C@]2(CCN(CC4CC4)C2)COC3)c1. The molecule has 0 N–H and O–H groups in total. The number of hydrogen-bond donors (Lipinski definition) is 0. The average molecular weight is 322 g/mol. The van der Waals surface area contributed by atoms with Crippen LogP contribution in [0.1, 0.15) is 30.5 Å². The van der Waals surface area contributed by atoms with Gasteiger partial charge in [0.1, 0.15) is 0 Å². The standard InChI is InChI=1S/C19H22N4O/c1-2-15(8-20-6-1)18-21-9-16-11-24-13-19(17(16)22-18)5-7-23(12-19)10-14-3-4-14/h1-2,6,8-9,14H,3-5,7,10-13H2/t19-/m0/s1. The summed E-state index contributed by atoms with van der Waals surface area (Å²) in [5, 5.41) is 0. The van der Waals surface area contributed by atoms with E-state index in [-0.39, 0.29) is 5.41 Å². The van der Waals surface area contributed by atoms with E-state index < -0.39 is 0 Å². The summed E-state index contributed by atoms with van der Waals surface area (Å²) in [6.45, 7) is 4.89. The first kappa shape index (κ1) is 14.5. The third-order valence-electron chi connectivity index (χ3n) is 5.57. The molecule has 3 aliphatic rings. The fourth-order valence-corrected chi connectivity index (χ4v) is 4.12. The van der Waals surface area contributed by atoms with Crippen molar-refractivity contribution in [1.82, 2.24) is 19.9 Å². The van der Waals surface area contributed by atoms with Crippen LogP contribution in [0.3, 0.4) is 0 Å². The molecule has 2 aliphatic heterocycles. The molecule has 2 aromatic rings. The van der Waals surface area contributed by atoms with Crippen LogP contribution in [0.5, 0.6) is 0 Å². The molecular weight excluding hydrogens is 300 g/mol. The summed E-state index contributed by atoms with van der Waals surface area (Å²) in [6, 6.07) is 3.96. The zero-order valence-corrected chi connectivity index (χ0v) is 13.8. The van der Waals surface area contributed by atoms with Crippen LogP contribution >= 0.6 is 0 Å². The second-order valence-corrected chi connectivity index (χ2v) is 7.51. The molecule has 0 aromatic carbocycles. The highest BCUT2D eigenvalue weighted by atomic mass is 16.5. The first-order chi connectivity index (χ1) is 11.8. The van der Waals surface area contributed by atoms with Crippen molar-refractivity contribution in [1.29, 1.82) is 0 Å². The summed E-state index contributed by atoms with van der Waals surface area (Å²) in [5.41, 5.74) is 3.39. The summed E-state index contributed by atoms with van der Waals surface area (Å²) < 4.78 is 5.93. The zero-order chi connectivity index (χ0) is 16.0. The van der Waals surface area contributed by atoms with Gasteiger partial charge >= 0.3 is 0 Å². The van der Waals surface area contributed by atoms with Gasteiger partial charge in [0.2, 0.25) is 0 Å². The van der Waals surface area contributed by atoms with E-state index in [1.807, 2.05) is 24.5 Å². The van der Waals surface area contributed by atoms with Crippen molar-refractivity contribution >= 4 is 0 Å². The summed E-state index contributed by atoms with van der Waals surface area (Å²) >= 11 is 0. The van der Waals surface area contributed by atoms with Gasteiger partial charge in [0, 0.05) is 42.8 Å². The lowest BCUT2D eigenvalue weighted by Crippen LogP contribution is -2.40. The Morgan fingerprint density at radius 2 is 2.25 bits per heavy atom. The van der Waals surface area contributed by atoms with Crippen molar-refractivity contribution in [3.63, 3.8) is 0 Å². The Hall–Kier alpha value is -1.85. The van der Waals surface area contributed by atoms with E-state index in [0.717, 1.165) is 49.0 Å². The summed E-state index contributed by atoms with van der Waals surface area (Å²) in [6.07, 6.45) is 9.52. The normalized spacial score (nSPS) is 26.7. The second-order valence-electron chi connectivity index (χ2n) is 7.51. The van der Waals surface area contributed by atoms with Crippen LogP contribution < -0.4 is 0 Å². The fraction of sp³-hybridized carbons (Fsp3) is 0.526. The number of aromatic nitrogens is 3. The van der Waals surface area contributed by atoms with Gasteiger partial charge in [-0.2, -0.15) is 0 Å². The lowest BCUT2D eigenvalue weighted by Gasteiger charge is -2.34. The van der Waals surface area contributed by atoms with Crippen LogP contribution in [0.2, 0.25) is 0 Å². The van der Waals surface area contributed by atoms with Crippen molar-refractivity contribution in [2.75, 3.05) is 26.2 Å². The Kier molecular flexibility index (Phi) is 3.38. The van der Waals surface area contributed by atoms with Crippen LogP contribution in [0.25, 0.3) is 11.4 Å². The number of hydrogen-bond acceptors (Lipinski definition) is 5. The molecule has 5 heteroatoms. The molecule has 1 atom stereocenters. The maximum atomic E-state index is 5.93. The Labute approximate surface area is 142 Å². The maximum Gasteiger partial charge on any atom is 0.160 e. The predicted octanol–water partition coefficient (Wildman–Crippen LogP) is 2.42. The Bertz CT molecular complexity index is 746. The molecule has 1 saturated carbocycles. The molecule has 5 rings (SSSR count). The van der Waals surface area contributed by atoms with E-state index in [4.69, 9.17) is 9.72 Å². The third-order valence-corrected chi connectivity index (χ3v) is 5.57. The van der Waals surface area contributed by atoms with Crippen molar-refractivity contribution < 1.29 is 4.74 Å². The number of ether oxygens (including phenoxy) is 1. The Morgan fingerprint density at radius 3 is 3.08 bits per heavy atom. The average Bonchev–Trinajstić information content (AvgIpc) is 3.36. The van der Waals surface area contributed by atoms with E-state index in [1.54, 1.807) is 6.20 Å². The minimum Gasteiger partial charge on any atom is -0.376 e. The first-order valence-electron chi connectivity index (χ1n) is 8.89. The summed E-state index contributed by atoms with van der Waals surface area (Å²) in [7, 11) is 0. The van der Waals surface area contributed by atoms with E-state index in [1.165, 1.54) is 25.1 Å². The highest BCUT2D eigenvalue weighted by Crippen LogP contribution is 2.41. The number of rotatable bonds is 3. The van der Waals surface area contributed by atoms with Crippen LogP contribution in [0.15, 0.2) is 30.7 Å². The smallest absolute Gasteiger partial charge is 0.160 e. The molecule has 4 heterocycles. The molecule has 124 valence electrons. The van der Waals surface area contributed by atoms with E-state index in [2.05, 4.69) is 14.9 Å². The predicted molar refractivity (Wildman–Crippen MR) is 90.4 cm³/mol. The van der Waals surface area contributed by atoms with Crippen LogP contribution in [0.4, 0.5) is 0 Å². The third kappa shape index (κ3) is 2.52. The van der Waals surface area contributed by atoms with Crippen molar-refractivity contribution in [3.05, 3.63) is 42.0 Å². The van der Waals surface area contributed by atoms with Crippen molar-refractivity contribution in [2.24, 2.45) is 5.92 Å². The number of nitrogens with zero attached hydrogens (tertiary/aromatic N) is 4. The Balaban J connectivity index is 1.49. The largest absolute Gasteiger partial charge is 0.376 e. The molecule has 24 heavy (non-hydrogen) atoms. The van der Waals surface area contributed by atoms with Gasteiger partial charge in [-0.15, -0.1) is 0 Å². The fourth-order valence-electron chi connectivity index (χ4n) is 4.12. The number of pyridine rings is 1. The maximum absolute atomic E-state index is 5.93. The molecule has 2 aromatic heterocycles. The summed E-state index contributed by atoms with van der Waals surface area (Å²) in [5.74, 6) is 1.71. The molecule has 0 amide bonds. The Morgan fingerprint density at radius 1 is 1.29 bits per heavy atom. The zero-order valence-electron chi connectivity index (χ0n) is 13.8. The first-order valence-corrected chi connectivity index (χ1v) is 8.89. The van der Waals surface area contributed by atoms with Crippen LogP contribution in [-0.4, -0.2) is 46.1 Å². The molecule has 1 saturated heterocycles. The van der Waals surface area contributed by atoms with Gasteiger partial charge in [0.05, 0.1) is 24.3 Å². The minimum atomic E-state index is 0.0440. The lowest BCUT2D eigenvalue weighted by atomic mass is 9.80. The van der Waals surface area contributed by atoms with Gasteiger partial charge in [-0.05, 0) is 43.9 Å². The number of fused-ring (bicyclic) bond motifs is 2. The molecule has 2 fully saturated rings. The molecule has 5 nitrogen and oxygen atoms in total. The lowest BCUT2D eigenvalue weighted by molar-refractivity contribution is 0.0504. The quantitative estimate of drug-likeness (QED) is 0.868. The van der Waals surface area contributed by atoms with E-state index in [9.17, 15) is 0 Å². The second kappa shape index (κ2) is 5.60. The van der Waals surface area contributed by atoms with Gasteiger partial charge in [-0.25, -0.2) is 9.97 Å². The minimum absolute atomic E-state index is 0.0440. The van der Waals surface area contributed by atoms with Gasteiger partial charge in [0.15, 0.2) is 5.82 Å². The molecule has 0 radical (unpaired) electrons. The van der Waals surface area contributed by atoms with Crippen LogP contribution in [-0.2, 0) is 16.8 Å². The van der Waals surface area contributed by atoms with Gasteiger partial charge in [0.25, 0.3) is 0 Å². The molecule has 1 aliphatic carbocycles.